The zero-order valence-corrected chi connectivity index (χ0v) is 14.4. The highest BCUT2D eigenvalue weighted by atomic mass is 79.9. The third-order valence-electron chi connectivity index (χ3n) is 3.67. The highest BCUT2D eigenvalue weighted by Crippen LogP contribution is 2.25. The molecular weight excluding hydrogens is 356 g/mol. The summed E-state index contributed by atoms with van der Waals surface area (Å²) in [5.41, 5.74) is 2.35. The van der Waals surface area contributed by atoms with Crippen LogP contribution in [0.1, 0.15) is 24.5 Å². The molecule has 4 heteroatoms. The van der Waals surface area contributed by atoms with Crippen LogP contribution in [0.3, 0.4) is 0 Å². The molecule has 0 aliphatic rings. The van der Waals surface area contributed by atoms with Gasteiger partial charge in [-0.05, 0) is 30.2 Å². The number of hydrogen-bond acceptors (Lipinski definition) is 3. The predicted molar refractivity (Wildman–Crippen MR) is 95.0 cm³/mol. The summed E-state index contributed by atoms with van der Waals surface area (Å²) in [5, 5.41) is 0.972. The molecular formula is C19H17BrO3. The Morgan fingerprint density at radius 1 is 1.09 bits per heavy atom. The van der Waals surface area contributed by atoms with Crippen molar-refractivity contribution < 1.29 is 9.15 Å². The number of aryl methyl sites for hydroxylation is 1. The number of rotatable bonds is 5. The van der Waals surface area contributed by atoms with Gasteiger partial charge in [0.25, 0.3) is 0 Å². The van der Waals surface area contributed by atoms with E-state index in [1.807, 2.05) is 36.4 Å². The Kier molecular flexibility index (Phi) is 4.82. The van der Waals surface area contributed by atoms with Crippen molar-refractivity contribution in [3.05, 3.63) is 74.6 Å². The van der Waals surface area contributed by atoms with E-state index in [1.54, 1.807) is 12.1 Å². The molecule has 0 aliphatic carbocycles. The van der Waals surface area contributed by atoms with Crippen molar-refractivity contribution in [1.29, 1.82) is 0 Å². The van der Waals surface area contributed by atoms with Crippen LogP contribution in [0.15, 0.2) is 62.2 Å². The first-order valence-corrected chi connectivity index (χ1v) is 8.39. The van der Waals surface area contributed by atoms with Crippen molar-refractivity contribution in [3.63, 3.8) is 0 Å². The van der Waals surface area contributed by atoms with Gasteiger partial charge in [-0.2, -0.15) is 0 Å². The second kappa shape index (κ2) is 7.01. The highest BCUT2D eigenvalue weighted by Gasteiger charge is 2.07. The Morgan fingerprint density at radius 3 is 2.70 bits per heavy atom. The lowest BCUT2D eigenvalue weighted by Gasteiger charge is -2.09. The SMILES string of the molecule is CCCc1cc(=O)oc2cc(OCc3ccccc3Br)ccc12. The monoisotopic (exact) mass is 372 g/mol. The zero-order valence-electron chi connectivity index (χ0n) is 12.8. The molecule has 0 saturated carbocycles. The quantitative estimate of drug-likeness (QED) is 0.585. The molecule has 23 heavy (non-hydrogen) atoms. The van der Waals surface area contributed by atoms with Gasteiger partial charge < -0.3 is 9.15 Å². The van der Waals surface area contributed by atoms with Crippen molar-refractivity contribution in [2.75, 3.05) is 0 Å². The molecule has 3 nitrogen and oxygen atoms in total. The van der Waals surface area contributed by atoms with E-state index in [9.17, 15) is 4.79 Å². The standard InChI is InChI=1S/C19H17BrO3/c1-2-5-13-10-19(21)23-18-11-15(8-9-16(13)18)22-12-14-6-3-4-7-17(14)20/h3-4,6-11H,2,5,12H2,1H3. The van der Waals surface area contributed by atoms with Gasteiger partial charge in [0.05, 0.1) is 0 Å². The molecule has 0 amide bonds. The molecule has 1 aromatic heterocycles. The lowest BCUT2D eigenvalue weighted by Crippen LogP contribution is -2.01. The van der Waals surface area contributed by atoms with E-state index in [4.69, 9.17) is 9.15 Å². The fourth-order valence-corrected chi connectivity index (χ4v) is 2.95. The Balaban J connectivity index is 1.88. The molecule has 0 saturated heterocycles. The van der Waals surface area contributed by atoms with E-state index < -0.39 is 0 Å². The first-order valence-electron chi connectivity index (χ1n) is 7.60. The second-order valence-electron chi connectivity index (χ2n) is 5.38. The summed E-state index contributed by atoms with van der Waals surface area (Å²) >= 11 is 3.51. The normalized spacial score (nSPS) is 10.9. The van der Waals surface area contributed by atoms with Crippen molar-refractivity contribution in [1.82, 2.24) is 0 Å². The van der Waals surface area contributed by atoms with Crippen LogP contribution in [0, 0.1) is 0 Å². The molecule has 0 radical (unpaired) electrons. The predicted octanol–water partition coefficient (Wildman–Crippen LogP) is 5.09. The van der Waals surface area contributed by atoms with E-state index >= 15 is 0 Å². The Hall–Kier alpha value is -2.07. The Morgan fingerprint density at radius 2 is 1.91 bits per heavy atom. The van der Waals surface area contributed by atoms with E-state index in [0.29, 0.717) is 17.9 Å². The van der Waals surface area contributed by atoms with E-state index in [0.717, 1.165) is 33.8 Å². The van der Waals surface area contributed by atoms with Gasteiger partial charge in [-0.1, -0.05) is 47.5 Å². The Bertz CT molecular complexity index is 883. The van der Waals surface area contributed by atoms with Crippen LogP contribution in [-0.4, -0.2) is 0 Å². The third-order valence-corrected chi connectivity index (χ3v) is 4.45. The van der Waals surface area contributed by atoms with E-state index in [2.05, 4.69) is 22.9 Å². The van der Waals surface area contributed by atoms with Crippen LogP contribution in [-0.2, 0) is 13.0 Å². The van der Waals surface area contributed by atoms with Gasteiger partial charge in [0.1, 0.15) is 17.9 Å². The van der Waals surface area contributed by atoms with Crippen molar-refractivity contribution >= 4 is 26.9 Å². The average molecular weight is 373 g/mol. The van der Waals surface area contributed by atoms with Gasteiger partial charge in [-0.3, -0.25) is 0 Å². The summed E-state index contributed by atoms with van der Waals surface area (Å²) in [6.45, 7) is 2.54. The largest absolute Gasteiger partial charge is 0.489 e. The number of hydrogen-bond donors (Lipinski definition) is 0. The van der Waals surface area contributed by atoms with E-state index in [1.165, 1.54) is 0 Å². The number of ether oxygens (including phenoxy) is 1. The first-order chi connectivity index (χ1) is 11.2. The maximum absolute atomic E-state index is 11.7. The summed E-state index contributed by atoms with van der Waals surface area (Å²) < 4.78 is 12.2. The molecule has 3 rings (SSSR count). The van der Waals surface area contributed by atoms with Crippen LogP contribution in [0.25, 0.3) is 11.0 Å². The minimum Gasteiger partial charge on any atom is -0.489 e. The number of fused-ring (bicyclic) bond motifs is 1. The minimum absolute atomic E-state index is 0.316. The summed E-state index contributed by atoms with van der Waals surface area (Å²) in [4.78, 5) is 11.7. The second-order valence-corrected chi connectivity index (χ2v) is 6.23. The summed E-state index contributed by atoms with van der Waals surface area (Å²) in [6.07, 6.45) is 1.85. The summed E-state index contributed by atoms with van der Waals surface area (Å²) in [6, 6.07) is 15.2. The number of benzene rings is 2. The topological polar surface area (TPSA) is 39.4 Å². The van der Waals surface area contributed by atoms with Gasteiger partial charge in [0.2, 0.25) is 0 Å². The summed E-state index contributed by atoms with van der Waals surface area (Å²) in [5.74, 6) is 0.685. The van der Waals surface area contributed by atoms with Crippen molar-refractivity contribution in [2.24, 2.45) is 0 Å². The fourth-order valence-electron chi connectivity index (χ4n) is 2.55. The van der Waals surface area contributed by atoms with Gasteiger partial charge in [0.15, 0.2) is 0 Å². The maximum Gasteiger partial charge on any atom is 0.336 e. The van der Waals surface area contributed by atoms with Crippen molar-refractivity contribution in [2.45, 2.75) is 26.4 Å². The lowest BCUT2D eigenvalue weighted by molar-refractivity contribution is 0.305. The smallest absolute Gasteiger partial charge is 0.336 e. The van der Waals surface area contributed by atoms with Crippen LogP contribution >= 0.6 is 15.9 Å². The molecule has 0 unspecified atom stereocenters. The molecule has 1 heterocycles. The van der Waals surface area contributed by atoms with Crippen molar-refractivity contribution in [3.8, 4) is 5.75 Å². The molecule has 118 valence electrons. The van der Waals surface area contributed by atoms with Gasteiger partial charge in [-0.15, -0.1) is 0 Å². The average Bonchev–Trinajstić information content (AvgIpc) is 2.54. The molecule has 0 spiro atoms. The minimum atomic E-state index is -0.316. The first kappa shape index (κ1) is 15.8. The van der Waals surface area contributed by atoms with Gasteiger partial charge in [-0.25, -0.2) is 4.79 Å². The van der Waals surface area contributed by atoms with Gasteiger partial charge >= 0.3 is 5.63 Å². The molecule has 3 aromatic rings. The van der Waals surface area contributed by atoms with Crippen LogP contribution < -0.4 is 10.4 Å². The number of halogens is 1. The molecule has 0 bridgehead atoms. The maximum atomic E-state index is 11.7. The van der Waals surface area contributed by atoms with Crippen LogP contribution in [0.4, 0.5) is 0 Å². The molecule has 0 fully saturated rings. The van der Waals surface area contributed by atoms with E-state index in [-0.39, 0.29) is 5.63 Å². The molecule has 0 aliphatic heterocycles. The third kappa shape index (κ3) is 3.64. The highest BCUT2D eigenvalue weighted by molar-refractivity contribution is 9.10. The van der Waals surface area contributed by atoms with Gasteiger partial charge in [0, 0.05) is 27.6 Å². The molecule has 0 N–H and O–H groups in total. The van der Waals surface area contributed by atoms with Crippen LogP contribution in [0.5, 0.6) is 5.75 Å². The fraction of sp³-hybridized carbons (Fsp3) is 0.211. The summed E-state index contributed by atoms with van der Waals surface area (Å²) in [7, 11) is 0. The Labute approximate surface area is 143 Å². The molecule has 2 aromatic carbocycles. The zero-order chi connectivity index (χ0) is 16.2. The lowest BCUT2D eigenvalue weighted by atomic mass is 10.1. The molecule has 0 atom stereocenters. The van der Waals surface area contributed by atoms with Crippen LogP contribution in [0.2, 0.25) is 0 Å².